The molecular formula is C12H18BrNO3S. The summed E-state index contributed by atoms with van der Waals surface area (Å²) in [5, 5.41) is 0.741. The summed E-state index contributed by atoms with van der Waals surface area (Å²) >= 11 is 3.32. The molecule has 102 valence electrons. The van der Waals surface area contributed by atoms with E-state index in [2.05, 4.69) is 20.7 Å². The highest BCUT2D eigenvalue weighted by Gasteiger charge is 2.25. The van der Waals surface area contributed by atoms with Gasteiger partial charge < -0.3 is 4.74 Å². The number of methoxy groups -OCH3 is 1. The van der Waals surface area contributed by atoms with Gasteiger partial charge in [-0.05, 0) is 44.5 Å². The molecule has 0 radical (unpaired) electrons. The SMILES string of the molecule is COc1ccc(S(=O)(=O)NC(C)(C)CCBr)cc1. The van der Waals surface area contributed by atoms with E-state index >= 15 is 0 Å². The van der Waals surface area contributed by atoms with Gasteiger partial charge in [0.15, 0.2) is 0 Å². The molecule has 0 aliphatic rings. The third-order valence-electron chi connectivity index (χ3n) is 2.50. The highest BCUT2D eigenvalue weighted by Crippen LogP contribution is 2.19. The van der Waals surface area contributed by atoms with Crippen LogP contribution in [0.15, 0.2) is 29.2 Å². The molecule has 0 fully saturated rings. The number of sulfonamides is 1. The van der Waals surface area contributed by atoms with Crippen LogP contribution < -0.4 is 9.46 Å². The molecule has 1 rings (SSSR count). The maximum Gasteiger partial charge on any atom is 0.241 e. The van der Waals surface area contributed by atoms with Crippen LogP contribution in [0.4, 0.5) is 0 Å². The van der Waals surface area contributed by atoms with Crippen molar-refractivity contribution in [2.75, 3.05) is 12.4 Å². The van der Waals surface area contributed by atoms with Gasteiger partial charge in [-0.2, -0.15) is 0 Å². The van der Waals surface area contributed by atoms with Crippen LogP contribution in [-0.4, -0.2) is 26.4 Å². The summed E-state index contributed by atoms with van der Waals surface area (Å²) in [4.78, 5) is 0.242. The highest BCUT2D eigenvalue weighted by molar-refractivity contribution is 9.09. The number of nitrogens with one attached hydrogen (secondary N) is 1. The first-order valence-electron chi connectivity index (χ1n) is 5.55. The summed E-state index contributed by atoms with van der Waals surface area (Å²) in [7, 11) is -1.95. The molecule has 0 bridgehead atoms. The van der Waals surface area contributed by atoms with Crippen LogP contribution in [-0.2, 0) is 10.0 Å². The Balaban J connectivity index is 2.92. The van der Waals surface area contributed by atoms with Crippen LogP contribution in [0.3, 0.4) is 0 Å². The van der Waals surface area contributed by atoms with E-state index in [4.69, 9.17) is 4.74 Å². The first-order valence-corrected chi connectivity index (χ1v) is 8.15. The number of ether oxygens (including phenoxy) is 1. The fourth-order valence-electron chi connectivity index (χ4n) is 1.46. The van der Waals surface area contributed by atoms with E-state index in [1.807, 2.05) is 13.8 Å². The van der Waals surface area contributed by atoms with E-state index in [0.29, 0.717) is 12.2 Å². The monoisotopic (exact) mass is 335 g/mol. The van der Waals surface area contributed by atoms with Crippen LogP contribution in [0, 0.1) is 0 Å². The molecule has 1 N–H and O–H groups in total. The van der Waals surface area contributed by atoms with Gasteiger partial charge in [0, 0.05) is 10.9 Å². The number of hydrogen-bond acceptors (Lipinski definition) is 3. The molecule has 0 aliphatic heterocycles. The third-order valence-corrected chi connectivity index (χ3v) is 4.61. The van der Waals surface area contributed by atoms with Gasteiger partial charge in [-0.1, -0.05) is 15.9 Å². The second kappa shape index (κ2) is 6.04. The van der Waals surface area contributed by atoms with Crippen molar-refractivity contribution < 1.29 is 13.2 Å². The van der Waals surface area contributed by atoms with E-state index in [0.717, 1.165) is 5.33 Å². The number of alkyl halides is 1. The van der Waals surface area contributed by atoms with E-state index in [1.165, 1.54) is 12.1 Å². The molecule has 1 aromatic rings. The van der Waals surface area contributed by atoms with Crippen molar-refractivity contribution in [3.63, 3.8) is 0 Å². The minimum atomic E-state index is -3.49. The summed E-state index contributed by atoms with van der Waals surface area (Å²) in [5.74, 6) is 0.633. The Bertz CT molecular complexity index is 483. The Kier molecular flexibility index (Phi) is 5.19. The van der Waals surface area contributed by atoms with Gasteiger partial charge in [0.05, 0.1) is 12.0 Å². The Labute approximate surface area is 117 Å². The Morgan fingerprint density at radius 2 is 1.83 bits per heavy atom. The molecule has 0 saturated heterocycles. The van der Waals surface area contributed by atoms with E-state index < -0.39 is 15.6 Å². The first-order chi connectivity index (χ1) is 8.30. The minimum absolute atomic E-state index is 0.242. The maximum absolute atomic E-state index is 12.2. The van der Waals surface area contributed by atoms with Gasteiger partial charge in [-0.15, -0.1) is 0 Å². The smallest absolute Gasteiger partial charge is 0.241 e. The van der Waals surface area contributed by atoms with Crippen molar-refractivity contribution in [3.05, 3.63) is 24.3 Å². The molecule has 0 heterocycles. The number of hydrogen-bond donors (Lipinski definition) is 1. The fourth-order valence-corrected chi connectivity index (χ4v) is 3.90. The lowest BCUT2D eigenvalue weighted by atomic mass is 10.0. The summed E-state index contributed by atoms with van der Waals surface area (Å²) in [5.41, 5.74) is -0.484. The van der Waals surface area contributed by atoms with Crippen molar-refractivity contribution in [1.82, 2.24) is 4.72 Å². The standard InChI is InChI=1S/C12H18BrNO3S/c1-12(2,8-9-13)14-18(15,16)11-6-4-10(17-3)5-7-11/h4-7,14H,8-9H2,1-3H3. The zero-order valence-electron chi connectivity index (χ0n) is 10.7. The third kappa shape index (κ3) is 4.26. The molecule has 0 atom stereocenters. The van der Waals surface area contributed by atoms with Crippen molar-refractivity contribution >= 4 is 26.0 Å². The van der Waals surface area contributed by atoms with Crippen molar-refractivity contribution in [3.8, 4) is 5.75 Å². The molecular weight excluding hydrogens is 318 g/mol. The molecule has 18 heavy (non-hydrogen) atoms. The van der Waals surface area contributed by atoms with Crippen molar-refractivity contribution in [2.24, 2.45) is 0 Å². The number of halogens is 1. The molecule has 0 aliphatic carbocycles. The van der Waals surface area contributed by atoms with Gasteiger partial charge >= 0.3 is 0 Å². The first kappa shape index (κ1) is 15.5. The lowest BCUT2D eigenvalue weighted by Gasteiger charge is -2.25. The molecule has 0 unspecified atom stereocenters. The van der Waals surface area contributed by atoms with E-state index in [1.54, 1.807) is 19.2 Å². The lowest BCUT2D eigenvalue weighted by molar-refractivity contribution is 0.414. The second-order valence-corrected chi connectivity index (χ2v) is 7.08. The van der Waals surface area contributed by atoms with Crippen molar-refractivity contribution in [2.45, 2.75) is 30.7 Å². The van der Waals surface area contributed by atoms with Crippen LogP contribution in [0.2, 0.25) is 0 Å². The second-order valence-electron chi connectivity index (χ2n) is 4.60. The van der Waals surface area contributed by atoms with Crippen LogP contribution in [0.1, 0.15) is 20.3 Å². The highest BCUT2D eigenvalue weighted by atomic mass is 79.9. The van der Waals surface area contributed by atoms with Gasteiger partial charge in [-0.25, -0.2) is 13.1 Å². The predicted molar refractivity (Wildman–Crippen MR) is 75.8 cm³/mol. The van der Waals surface area contributed by atoms with Crippen LogP contribution >= 0.6 is 15.9 Å². The average molecular weight is 336 g/mol. The van der Waals surface area contributed by atoms with Gasteiger partial charge in [0.25, 0.3) is 0 Å². The molecule has 6 heteroatoms. The van der Waals surface area contributed by atoms with Gasteiger partial charge in [0.2, 0.25) is 10.0 Å². The van der Waals surface area contributed by atoms with Gasteiger partial charge in [-0.3, -0.25) is 0 Å². The Morgan fingerprint density at radius 1 is 1.28 bits per heavy atom. The lowest BCUT2D eigenvalue weighted by Crippen LogP contribution is -2.43. The zero-order valence-corrected chi connectivity index (χ0v) is 13.1. The Hall–Kier alpha value is -0.590. The van der Waals surface area contributed by atoms with E-state index in [-0.39, 0.29) is 4.90 Å². The number of benzene rings is 1. The maximum atomic E-state index is 12.2. The van der Waals surface area contributed by atoms with Crippen LogP contribution in [0.25, 0.3) is 0 Å². The largest absolute Gasteiger partial charge is 0.497 e. The van der Waals surface area contributed by atoms with Crippen LogP contribution in [0.5, 0.6) is 5.75 Å². The van der Waals surface area contributed by atoms with Gasteiger partial charge in [0.1, 0.15) is 5.75 Å². The predicted octanol–water partition coefficient (Wildman–Crippen LogP) is 2.54. The summed E-state index contributed by atoms with van der Waals surface area (Å²) < 4.78 is 32.0. The molecule has 0 amide bonds. The fraction of sp³-hybridized carbons (Fsp3) is 0.500. The molecule has 0 saturated carbocycles. The molecule has 0 spiro atoms. The topological polar surface area (TPSA) is 55.4 Å². The summed E-state index contributed by atoms with van der Waals surface area (Å²) in [6.45, 7) is 3.71. The zero-order chi connectivity index (χ0) is 13.8. The van der Waals surface area contributed by atoms with Crippen molar-refractivity contribution in [1.29, 1.82) is 0 Å². The summed E-state index contributed by atoms with van der Waals surface area (Å²) in [6, 6.07) is 6.33. The average Bonchev–Trinajstić information content (AvgIpc) is 2.27. The normalized spacial score (nSPS) is 12.4. The van der Waals surface area contributed by atoms with E-state index in [9.17, 15) is 8.42 Å². The minimum Gasteiger partial charge on any atom is -0.497 e. The molecule has 0 aromatic heterocycles. The molecule has 4 nitrogen and oxygen atoms in total. The summed E-state index contributed by atoms with van der Waals surface area (Å²) in [6.07, 6.45) is 0.711. The number of rotatable bonds is 6. The quantitative estimate of drug-likeness (QED) is 0.813. The molecule has 1 aromatic carbocycles. The Morgan fingerprint density at radius 3 is 2.28 bits per heavy atom.